The quantitative estimate of drug-likeness (QED) is 0.759. The first-order valence-electron chi connectivity index (χ1n) is 6.37. The number of methoxy groups -OCH3 is 1. The van der Waals surface area contributed by atoms with Gasteiger partial charge in [-0.05, 0) is 43.0 Å². The maximum Gasteiger partial charge on any atom is 0.309 e. The standard InChI is InChI=1S/C15H17NO2/c1-10-6-13-8-11(9-14(17)18-2)7-12-4-3-5-16(10)15(12)13/h6-8H,3-5,9H2,1-2H3. The molecule has 0 N–H and O–H groups in total. The Morgan fingerprint density at radius 3 is 3.00 bits per heavy atom. The SMILES string of the molecule is COC(=O)Cc1cc2c3c(c1)cc(C)n3CCC2. The van der Waals surface area contributed by atoms with Crippen molar-refractivity contribution in [3.8, 4) is 0 Å². The van der Waals surface area contributed by atoms with Crippen molar-refractivity contribution in [3.05, 3.63) is 35.0 Å². The molecule has 3 rings (SSSR count). The molecule has 0 fully saturated rings. The highest BCUT2D eigenvalue weighted by molar-refractivity contribution is 5.87. The van der Waals surface area contributed by atoms with Crippen LogP contribution in [0.15, 0.2) is 18.2 Å². The van der Waals surface area contributed by atoms with Gasteiger partial charge in [0.1, 0.15) is 0 Å². The fraction of sp³-hybridized carbons (Fsp3) is 0.400. The molecular weight excluding hydrogens is 226 g/mol. The van der Waals surface area contributed by atoms with Gasteiger partial charge < -0.3 is 9.30 Å². The third-order valence-electron chi connectivity index (χ3n) is 3.74. The van der Waals surface area contributed by atoms with E-state index in [4.69, 9.17) is 4.74 Å². The molecule has 0 aliphatic carbocycles. The fourth-order valence-electron chi connectivity index (χ4n) is 2.95. The van der Waals surface area contributed by atoms with Gasteiger partial charge in [-0.15, -0.1) is 0 Å². The molecule has 1 aliphatic heterocycles. The van der Waals surface area contributed by atoms with E-state index in [1.807, 2.05) is 0 Å². The molecule has 0 amide bonds. The molecule has 0 atom stereocenters. The molecule has 2 aromatic rings. The summed E-state index contributed by atoms with van der Waals surface area (Å²) >= 11 is 0. The Morgan fingerprint density at radius 1 is 1.39 bits per heavy atom. The summed E-state index contributed by atoms with van der Waals surface area (Å²) in [4.78, 5) is 11.4. The molecule has 18 heavy (non-hydrogen) atoms. The largest absolute Gasteiger partial charge is 0.469 e. The smallest absolute Gasteiger partial charge is 0.309 e. The number of aryl methyl sites for hydroxylation is 3. The molecular formula is C15H17NO2. The average Bonchev–Trinajstić information content (AvgIpc) is 2.68. The molecule has 0 saturated heterocycles. The van der Waals surface area contributed by atoms with Gasteiger partial charge in [0.05, 0.1) is 19.0 Å². The number of hydrogen-bond donors (Lipinski definition) is 0. The molecule has 1 aliphatic rings. The van der Waals surface area contributed by atoms with Crippen molar-refractivity contribution >= 4 is 16.9 Å². The number of ether oxygens (including phenoxy) is 1. The maximum atomic E-state index is 11.4. The van der Waals surface area contributed by atoms with Gasteiger partial charge in [-0.2, -0.15) is 0 Å². The predicted octanol–water partition coefficient (Wildman–Crippen LogP) is 2.61. The Kier molecular flexibility index (Phi) is 2.62. The second-order valence-electron chi connectivity index (χ2n) is 4.99. The summed E-state index contributed by atoms with van der Waals surface area (Å²) in [7, 11) is 1.44. The summed E-state index contributed by atoms with van der Waals surface area (Å²) in [5.41, 5.74) is 5.09. The lowest BCUT2D eigenvalue weighted by Crippen LogP contribution is -2.10. The third-order valence-corrected chi connectivity index (χ3v) is 3.74. The van der Waals surface area contributed by atoms with Crippen molar-refractivity contribution in [3.63, 3.8) is 0 Å². The molecule has 3 nitrogen and oxygen atoms in total. The number of carbonyl (C=O) groups is 1. The maximum absolute atomic E-state index is 11.4. The molecule has 2 heterocycles. The molecule has 0 unspecified atom stereocenters. The van der Waals surface area contributed by atoms with E-state index < -0.39 is 0 Å². The van der Waals surface area contributed by atoms with E-state index in [2.05, 4.69) is 29.7 Å². The first kappa shape index (κ1) is 11.3. The van der Waals surface area contributed by atoms with Gasteiger partial charge in [-0.3, -0.25) is 4.79 Å². The summed E-state index contributed by atoms with van der Waals surface area (Å²) in [6, 6.07) is 6.49. The summed E-state index contributed by atoms with van der Waals surface area (Å²) in [5.74, 6) is -0.173. The topological polar surface area (TPSA) is 31.2 Å². The van der Waals surface area contributed by atoms with Crippen LogP contribution in [0, 0.1) is 6.92 Å². The number of benzene rings is 1. The second kappa shape index (κ2) is 4.16. The number of carbonyl (C=O) groups excluding carboxylic acids is 1. The molecule has 0 saturated carbocycles. The van der Waals surface area contributed by atoms with Crippen molar-refractivity contribution in [1.29, 1.82) is 0 Å². The van der Waals surface area contributed by atoms with Crippen molar-refractivity contribution in [2.45, 2.75) is 32.7 Å². The Labute approximate surface area is 106 Å². The van der Waals surface area contributed by atoms with Crippen LogP contribution < -0.4 is 0 Å². The van der Waals surface area contributed by atoms with Gasteiger partial charge in [-0.25, -0.2) is 0 Å². The highest BCUT2D eigenvalue weighted by Crippen LogP contribution is 2.30. The molecule has 1 aromatic carbocycles. The highest BCUT2D eigenvalue weighted by atomic mass is 16.5. The molecule has 0 bridgehead atoms. The van der Waals surface area contributed by atoms with Gasteiger partial charge in [0.25, 0.3) is 0 Å². The van der Waals surface area contributed by atoms with Crippen LogP contribution in [-0.2, 0) is 28.9 Å². The number of esters is 1. The Hall–Kier alpha value is -1.77. The van der Waals surface area contributed by atoms with Gasteiger partial charge >= 0.3 is 5.97 Å². The number of nitrogens with zero attached hydrogens (tertiary/aromatic N) is 1. The van der Waals surface area contributed by atoms with E-state index >= 15 is 0 Å². The van der Waals surface area contributed by atoms with E-state index in [9.17, 15) is 4.79 Å². The molecule has 94 valence electrons. The molecule has 0 radical (unpaired) electrons. The molecule has 0 spiro atoms. The Balaban J connectivity index is 2.13. The van der Waals surface area contributed by atoms with E-state index in [1.54, 1.807) is 0 Å². The predicted molar refractivity (Wildman–Crippen MR) is 70.7 cm³/mol. The monoisotopic (exact) mass is 243 g/mol. The number of aromatic nitrogens is 1. The van der Waals surface area contributed by atoms with E-state index in [0.717, 1.165) is 18.5 Å². The van der Waals surface area contributed by atoms with Gasteiger partial charge in [-0.1, -0.05) is 6.07 Å². The molecule has 3 heteroatoms. The van der Waals surface area contributed by atoms with Crippen LogP contribution in [0.5, 0.6) is 0 Å². The minimum Gasteiger partial charge on any atom is -0.469 e. The summed E-state index contributed by atoms with van der Waals surface area (Å²) in [6.45, 7) is 3.26. The van der Waals surface area contributed by atoms with Crippen LogP contribution in [0.2, 0.25) is 0 Å². The zero-order valence-electron chi connectivity index (χ0n) is 10.8. The first-order valence-corrected chi connectivity index (χ1v) is 6.37. The van der Waals surface area contributed by atoms with Crippen LogP contribution in [0.4, 0.5) is 0 Å². The van der Waals surface area contributed by atoms with Crippen LogP contribution in [0.1, 0.15) is 23.2 Å². The summed E-state index contributed by atoms with van der Waals surface area (Å²) < 4.78 is 7.12. The van der Waals surface area contributed by atoms with E-state index in [-0.39, 0.29) is 5.97 Å². The second-order valence-corrected chi connectivity index (χ2v) is 4.99. The lowest BCUT2D eigenvalue weighted by molar-refractivity contribution is -0.139. The third kappa shape index (κ3) is 1.70. The van der Waals surface area contributed by atoms with Crippen LogP contribution in [-0.4, -0.2) is 17.6 Å². The van der Waals surface area contributed by atoms with E-state index in [0.29, 0.717) is 6.42 Å². The van der Waals surface area contributed by atoms with Gasteiger partial charge in [0, 0.05) is 17.6 Å². The summed E-state index contributed by atoms with van der Waals surface area (Å²) in [6.07, 6.45) is 2.65. The minimum absolute atomic E-state index is 0.173. The van der Waals surface area contributed by atoms with Gasteiger partial charge in [0.15, 0.2) is 0 Å². The number of hydrogen-bond acceptors (Lipinski definition) is 2. The Morgan fingerprint density at radius 2 is 2.22 bits per heavy atom. The van der Waals surface area contributed by atoms with E-state index in [1.165, 1.54) is 35.7 Å². The number of rotatable bonds is 2. The Bertz CT molecular complexity index is 625. The van der Waals surface area contributed by atoms with Crippen LogP contribution in [0.25, 0.3) is 10.9 Å². The first-order chi connectivity index (χ1) is 8.69. The van der Waals surface area contributed by atoms with Crippen molar-refractivity contribution in [1.82, 2.24) is 4.57 Å². The average molecular weight is 243 g/mol. The summed E-state index contributed by atoms with van der Waals surface area (Å²) in [5, 5.41) is 1.25. The van der Waals surface area contributed by atoms with Crippen molar-refractivity contribution < 1.29 is 9.53 Å². The van der Waals surface area contributed by atoms with Crippen LogP contribution in [0.3, 0.4) is 0 Å². The zero-order chi connectivity index (χ0) is 12.7. The zero-order valence-corrected chi connectivity index (χ0v) is 10.8. The normalized spacial score (nSPS) is 13.9. The lowest BCUT2D eigenvalue weighted by atomic mass is 9.99. The molecule has 1 aromatic heterocycles. The highest BCUT2D eigenvalue weighted by Gasteiger charge is 2.16. The van der Waals surface area contributed by atoms with Crippen LogP contribution >= 0.6 is 0 Å². The lowest BCUT2D eigenvalue weighted by Gasteiger charge is -2.18. The van der Waals surface area contributed by atoms with Gasteiger partial charge in [0.2, 0.25) is 0 Å². The van der Waals surface area contributed by atoms with Crippen molar-refractivity contribution in [2.24, 2.45) is 0 Å². The fourth-order valence-corrected chi connectivity index (χ4v) is 2.95. The minimum atomic E-state index is -0.173. The van der Waals surface area contributed by atoms with Crippen molar-refractivity contribution in [2.75, 3.05) is 7.11 Å².